The van der Waals surface area contributed by atoms with E-state index in [2.05, 4.69) is 4.74 Å². The number of hydrogen-bond donors (Lipinski definition) is 1. The zero-order valence-electron chi connectivity index (χ0n) is 9.08. The van der Waals surface area contributed by atoms with Crippen molar-refractivity contribution in [1.29, 1.82) is 0 Å². The minimum absolute atomic E-state index is 0.142. The number of esters is 1. The zero-order chi connectivity index (χ0) is 12.4. The number of benzene rings is 2. The molecule has 0 saturated carbocycles. The summed E-state index contributed by atoms with van der Waals surface area (Å²) in [7, 11) is 1.32. The first-order valence-corrected chi connectivity index (χ1v) is 4.90. The first kappa shape index (κ1) is 11.4. The van der Waals surface area contributed by atoms with Gasteiger partial charge < -0.3 is 15.2 Å². The third kappa shape index (κ3) is 2.20. The van der Waals surface area contributed by atoms with Crippen molar-refractivity contribution in [3.63, 3.8) is 0 Å². The lowest BCUT2D eigenvalue weighted by molar-refractivity contribution is 0.0601. The number of fused-ring (bicyclic) bond motifs is 1. The first-order chi connectivity index (χ1) is 8.11. The molecule has 0 atom stereocenters. The minimum atomic E-state index is -0.413. The number of nitrogens with zero attached hydrogens (tertiary/aromatic N) is 1. The van der Waals surface area contributed by atoms with Gasteiger partial charge in [0.15, 0.2) is 0 Å². The Morgan fingerprint density at radius 1 is 1.24 bits per heavy atom. The molecule has 0 aliphatic heterocycles. The lowest BCUT2D eigenvalue weighted by atomic mass is 10.1. The second kappa shape index (κ2) is 4.40. The number of carbonyl (C=O) groups is 1. The van der Waals surface area contributed by atoms with Gasteiger partial charge >= 0.3 is 5.97 Å². The summed E-state index contributed by atoms with van der Waals surface area (Å²) in [6.45, 7) is 0. The van der Waals surface area contributed by atoms with Gasteiger partial charge in [-0.15, -0.1) is 0 Å². The molecule has 2 aromatic rings. The molecule has 0 aliphatic rings. The molecular formula is C12H10NO4-. The second-order valence-electron chi connectivity index (χ2n) is 3.51. The van der Waals surface area contributed by atoms with Gasteiger partial charge in [-0.05, 0) is 35.0 Å². The highest BCUT2D eigenvalue weighted by atomic mass is 16.8. The van der Waals surface area contributed by atoms with Gasteiger partial charge in [-0.1, -0.05) is 12.1 Å². The molecule has 17 heavy (non-hydrogen) atoms. The summed E-state index contributed by atoms with van der Waals surface area (Å²) < 4.78 is 4.61. The van der Waals surface area contributed by atoms with Crippen molar-refractivity contribution in [2.75, 3.05) is 12.3 Å². The van der Waals surface area contributed by atoms with E-state index >= 15 is 0 Å². The fourth-order valence-corrected chi connectivity index (χ4v) is 1.60. The maximum atomic E-state index is 11.3. The summed E-state index contributed by atoms with van der Waals surface area (Å²) in [5.41, 5.74) is 0.582. The Kier molecular flexibility index (Phi) is 2.95. The second-order valence-corrected chi connectivity index (χ2v) is 3.51. The molecular weight excluding hydrogens is 222 g/mol. The van der Waals surface area contributed by atoms with Crippen molar-refractivity contribution in [2.24, 2.45) is 0 Å². The van der Waals surface area contributed by atoms with Crippen LogP contribution in [0.25, 0.3) is 10.8 Å². The highest BCUT2D eigenvalue weighted by Crippen LogP contribution is 2.22. The minimum Gasteiger partial charge on any atom is -0.733 e. The summed E-state index contributed by atoms with van der Waals surface area (Å²) in [4.78, 5) is 11.3. The summed E-state index contributed by atoms with van der Waals surface area (Å²) in [6, 6.07) is 9.61. The summed E-state index contributed by atoms with van der Waals surface area (Å²) in [5, 5.41) is 20.8. The predicted molar refractivity (Wildman–Crippen MR) is 62.9 cm³/mol. The fraction of sp³-hybridized carbons (Fsp3) is 0.0833. The van der Waals surface area contributed by atoms with Crippen LogP contribution in [0.1, 0.15) is 10.4 Å². The molecule has 0 spiro atoms. The summed E-state index contributed by atoms with van der Waals surface area (Å²) in [6.07, 6.45) is 0. The average Bonchev–Trinajstić information content (AvgIpc) is 2.36. The molecule has 5 nitrogen and oxygen atoms in total. The molecule has 0 fully saturated rings. The van der Waals surface area contributed by atoms with E-state index in [0.29, 0.717) is 5.56 Å². The number of anilines is 1. The van der Waals surface area contributed by atoms with Crippen LogP contribution in [-0.2, 0) is 4.74 Å². The quantitative estimate of drug-likeness (QED) is 0.635. The van der Waals surface area contributed by atoms with Gasteiger partial charge in [0.1, 0.15) is 0 Å². The predicted octanol–water partition coefficient (Wildman–Crippen LogP) is 2.32. The number of methoxy groups -OCH3 is 1. The Morgan fingerprint density at radius 2 is 1.88 bits per heavy atom. The number of carbonyl (C=O) groups excluding carboxylic acids is 1. The van der Waals surface area contributed by atoms with Crippen molar-refractivity contribution in [2.45, 2.75) is 0 Å². The van der Waals surface area contributed by atoms with E-state index in [9.17, 15) is 10.0 Å². The molecule has 5 heteroatoms. The highest BCUT2D eigenvalue weighted by Gasteiger charge is 2.06. The van der Waals surface area contributed by atoms with Crippen LogP contribution >= 0.6 is 0 Å². The molecule has 0 aliphatic carbocycles. The molecule has 0 unspecified atom stereocenters. The Bertz CT molecular complexity index is 565. The average molecular weight is 232 g/mol. The lowest BCUT2D eigenvalue weighted by Gasteiger charge is -2.21. The van der Waals surface area contributed by atoms with E-state index in [0.717, 1.165) is 10.8 Å². The number of ether oxygens (including phenoxy) is 1. The van der Waals surface area contributed by atoms with Crippen LogP contribution < -0.4 is 5.23 Å². The highest BCUT2D eigenvalue weighted by molar-refractivity contribution is 5.96. The number of hydrogen-bond acceptors (Lipinski definition) is 5. The van der Waals surface area contributed by atoms with Crippen molar-refractivity contribution >= 4 is 22.4 Å². The largest absolute Gasteiger partial charge is 0.733 e. The van der Waals surface area contributed by atoms with Crippen LogP contribution in [0.5, 0.6) is 0 Å². The molecule has 0 heterocycles. The van der Waals surface area contributed by atoms with Crippen molar-refractivity contribution in [3.8, 4) is 0 Å². The Balaban J connectivity index is 2.50. The smallest absolute Gasteiger partial charge is 0.337 e. The monoisotopic (exact) mass is 232 g/mol. The standard InChI is InChI=1S/C12H10NO4/c1-17-12(14)10-3-2-9-7-11(13(15)16)5-4-8(9)6-10/h2-7,15H,1H3/q-1. The summed E-state index contributed by atoms with van der Waals surface area (Å²) in [5.74, 6) is -0.413. The lowest BCUT2D eigenvalue weighted by Crippen LogP contribution is -2.06. The summed E-state index contributed by atoms with van der Waals surface area (Å²) >= 11 is 0. The van der Waals surface area contributed by atoms with E-state index in [1.165, 1.54) is 19.2 Å². The van der Waals surface area contributed by atoms with Crippen LogP contribution in [0, 0.1) is 5.21 Å². The molecule has 0 bridgehead atoms. The Hall–Kier alpha value is -2.11. The van der Waals surface area contributed by atoms with Gasteiger partial charge in [0, 0.05) is 0 Å². The Labute approximate surface area is 97.4 Å². The van der Waals surface area contributed by atoms with Crippen molar-refractivity contribution < 1.29 is 14.7 Å². The fourth-order valence-electron chi connectivity index (χ4n) is 1.60. The SMILES string of the molecule is COC(=O)c1ccc2cc(N([O-])O)ccc2c1. The topological polar surface area (TPSA) is 72.8 Å². The molecule has 0 amide bonds. The van der Waals surface area contributed by atoms with Gasteiger partial charge in [-0.2, -0.15) is 0 Å². The van der Waals surface area contributed by atoms with Crippen LogP contribution in [0.3, 0.4) is 0 Å². The molecule has 2 rings (SSSR count). The van der Waals surface area contributed by atoms with Gasteiger partial charge in [0.25, 0.3) is 0 Å². The van der Waals surface area contributed by atoms with E-state index in [1.54, 1.807) is 24.3 Å². The maximum absolute atomic E-state index is 11.3. The molecule has 0 saturated heterocycles. The van der Waals surface area contributed by atoms with Crippen molar-refractivity contribution in [3.05, 3.63) is 47.2 Å². The van der Waals surface area contributed by atoms with Gasteiger partial charge in [0.2, 0.25) is 0 Å². The van der Waals surface area contributed by atoms with Crippen LogP contribution in [0.4, 0.5) is 5.69 Å². The molecule has 2 aromatic carbocycles. The van der Waals surface area contributed by atoms with Crippen LogP contribution in [-0.4, -0.2) is 18.3 Å². The van der Waals surface area contributed by atoms with E-state index in [4.69, 9.17) is 5.21 Å². The molecule has 0 radical (unpaired) electrons. The van der Waals surface area contributed by atoms with E-state index < -0.39 is 5.97 Å². The molecule has 88 valence electrons. The van der Waals surface area contributed by atoms with Gasteiger partial charge in [0.05, 0.1) is 18.4 Å². The van der Waals surface area contributed by atoms with Crippen LogP contribution in [0.2, 0.25) is 0 Å². The first-order valence-electron chi connectivity index (χ1n) is 4.90. The Morgan fingerprint density at radius 3 is 2.53 bits per heavy atom. The van der Waals surface area contributed by atoms with E-state index in [-0.39, 0.29) is 10.9 Å². The third-order valence-corrected chi connectivity index (χ3v) is 2.47. The third-order valence-electron chi connectivity index (χ3n) is 2.47. The van der Waals surface area contributed by atoms with Gasteiger partial charge in [-0.25, -0.2) is 4.79 Å². The van der Waals surface area contributed by atoms with E-state index in [1.807, 2.05) is 0 Å². The molecule has 0 aromatic heterocycles. The maximum Gasteiger partial charge on any atom is 0.337 e. The zero-order valence-corrected chi connectivity index (χ0v) is 9.08. The molecule has 1 N–H and O–H groups in total. The number of rotatable bonds is 2. The van der Waals surface area contributed by atoms with Crippen molar-refractivity contribution in [1.82, 2.24) is 0 Å². The van der Waals surface area contributed by atoms with Crippen LogP contribution in [0.15, 0.2) is 36.4 Å². The van der Waals surface area contributed by atoms with Gasteiger partial charge in [-0.3, -0.25) is 5.21 Å². The normalized spacial score (nSPS) is 10.3.